The molecule has 1 aromatic rings. The molecule has 0 amide bonds. The van der Waals surface area contributed by atoms with Crippen molar-refractivity contribution < 1.29 is 4.79 Å². The van der Waals surface area contributed by atoms with Gasteiger partial charge in [0.05, 0.1) is 17.7 Å². The number of aryl methyl sites for hydroxylation is 2. The zero-order valence-electron chi connectivity index (χ0n) is 13.2. The number of carbonyl (C=O) groups excluding carboxylic acids is 1. The maximum atomic E-state index is 12.6. The average Bonchev–Trinajstić information content (AvgIpc) is 2.70. The molecule has 4 heteroatoms. The summed E-state index contributed by atoms with van der Waals surface area (Å²) in [6.07, 6.45) is 0.457. The molecule has 1 rings (SSSR count). The third-order valence-corrected chi connectivity index (χ3v) is 3.86. The highest BCUT2D eigenvalue weighted by Gasteiger charge is 2.32. The van der Waals surface area contributed by atoms with E-state index in [9.17, 15) is 4.79 Å². The van der Waals surface area contributed by atoms with Crippen molar-refractivity contribution in [3.63, 3.8) is 0 Å². The van der Waals surface area contributed by atoms with Crippen LogP contribution in [0.25, 0.3) is 0 Å². The van der Waals surface area contributed by atoms with Gasteiger partial charge in [0.2, 0.25) is 0 Å². The van der Waals surface area contributed by atoms with E-state index in [1.54, 1.807) is 0 Å². The Balaban J connectivity index is 2.89. The van der Waals surface area contributed by atoms with E-state index in [0.29, 0.717) is 6.42 Å². The van der Waals surface area contributed by atoms with Crippen LogP contribution >= 0.6 is 0 Å². The molecule has 0 bridgehead atoms. The van der Waals surface area contributed by atoms with Gasteiger partial charge in [-0.15, -0.1) is 0 Å². The van der Waals surface area contributed by atoms with Crippen molar-refractivity contribution in [3.05, 3.63) is 17.5 Å². The molecule has 0 aromatic carbocycles. The Hall–Kier alpha value is -1.16. The molecule has 0 aliphatic heterocycles. The third-order valence-electron chi connectivity index (χ3n) is 3.86. The fraction of sp³-hybridized carbons (Fsp3) is 0.733. The zero-order valence-corrected chi connectivity index (χ0v) is 13.2. The van der Waals surface area contributed by atoms with Gasteiger partial charge in [0.1, 0.15) is 0 Å². The van der Waals surface area contributed by atoms with Gasteiger partial charge in [-0.3, -0.25) is 14.4 Å². The van der Waals surface area contributed by atoms with Crippen LogP contribution in [0, 0.1) is 6.92 Å². The van der Waals surface area contributed by atoms with Crippen LogP contribution in [0.1, 0.15) is 46.0 Å². The van der Waals surface area contributed by atoms with Crippen molar-refractivity contribution in [1.29, 1.82) is 0 Å². The van der Waals surface area contributed by atoms with Gasteiger partial charge < -0.3 is 0 Å². The van der Waals surface area contributed by atoms with Gasteiger partial charge in [-0.2, -0.15) is 5.10 Å². The lowest BCUT2D eigenvalue weighted by atomic mass is 9.93. The van der Waals surface area contributed by atoms with Gasteiger partial charge in [0.15, 0.2) is 5.78 Å². The number of rotatable bonds is 7. The smallest absolute Gasteiger partial charge is 0.158 e. The second-order valence-electron chi connectivity index (χ2n) is 5.42. The second-order valence-corrected chi connectivity index (χ2v) is 5.42. The minimum Gasteiger partial charge on any atom is -0.297 e. The fourth-order valence-corrected chi connectivity index (χ4v) is 2.59. The number of nitrogens with zero attached hydrogens (tertiary/aromatic N) is 3. The SMILES string of the molecule is CCN(CC)C(C)(C)C(=O)Cc1cc(C)nn1CC. The predicted molar refractivity (Wildman–Crippen MR) is 78.3 cm³/mol. The molecule has 108 valence electrons. The van der Waals surface area contributed by atoms with E-state index >= 15 is 0 Å². The van der Waals surface area contributed by atoms with Crippen molar-refractivity contribution in [2.24, 2.45) is 0 Å². The summed E-state index contributed by atoms with van der Waals surface area (Å²) in [6.45, 7) is 14.8. The van der Waals surface area contributed by atoms with Crippen LogP contribution in [-0.4, -0.2) is 39.1 Å². The van der Waals surface area contributed by atoms with Gasteiger partial charge in [0, 0.05) is 12.2 Å². The first-order valence-electron chi connectivity index (χ1n) is 7.18. The zero-order chi connectivity index (χ0) is 14.6. The Morgan fingerprint density at radius 1 is 1.32 bits per heavy atom. The van der Waals surface area contributed by atoms with E-state index in [-0.39, 0.29) is 5.78 Å². The Morgan fingerprint density at radius 2 is 1.89 bits per heavy atom. The molecule has 0 saturated heterocycles. The number of carbonyl (C=O) groups is 1. The molecular formula is C15H27N3O. The van der Waals surface area contributed by atoms with Crippen LogP contribution in [0.5, 0.6) is 0 Å². The number of hydrogen-bond donors (Lipinski definition) is 0. The fourth-order valence-electron chi connectivity index (χ4n) is 2.59. The first kappa shape index (κ1) is 15.9. The van der Waals surface area contributed by atoms with Gasteiger partial charge in [-0.05, 0) is 46.9 Å². The number of hydrogen-bond acceptors (Lipinski definition) is 3. The molecule has 1 heterocycles. The molecule has 0 atom stereocenters. The van der Waals surface area contributed by atoms with Crippen molar-refractivity contribution in [1.82, 2.24) is 14.7 Å². The number of likely N-dealkylation sites (N-methyl/N-ethyl adjacent to an activating group) is 1. The van der Waals surface area contributed by atoms with E-state index in [0.717, 1.165) is 31.0 Å². The van der Waals surface area contributed by atoms with Crippen LogP contribution < -0.4 is 0 Å². The number of ketones is 1. The first-order valence-corrected chi connectivity index (χ1v) is 7.18. The lowest BCUT2D eigenvalue weighted by Crippen LogP contribution is -2.50. The highest BCUT2D eigenvalue weighted by atomic mass is 16.1. The summed E-state index contributed by atoms with van der Waals surface area (Å²) in [7, 11) is 0. The van der Waals surface area contributed by atoms with E-state index in [1.807, 2.05) is 31.5 Å². The van der Waals surface area contributed by atoms with Gasteiger partial charge >= 0.3 is 0 Å². The van der Waals surface area contributed by atoms with Gasteiger partial charge in [-0.25, -0.2) is 0 Å². The van der Waals surface area contributed by atoms with Crippen LogP contribution in [0.2, 0.25) is 0 Å². The largest absolute Gasteiger partial charge is 0.297 e. The predicted octanol–water partition coefficient (Wildman–Crippen LogP) is 2.44. The minimum atomic E-state index is -0.416. The van der Waals surface area contributed by atoms with Crippen molar-refractivity contribution in [3.8, 4) is 0 Å². The van der Waals surface area contributed by atoms with Crippen molar-refractivity contribution in [2.75, 3.05) is 13.1 Å². The highest BCUT2D eigenvalue weighted by Crippen LogP contribution is 2.18. The van der Waals surface area contributed by atoms with Gasteiger partial charge in [0.25, 0.3) is 0 Å². The highest BCUT2D eigenvalue weighted by molar-refractivity contribution is 5.89. The molecule has 4 nitrogen and oxygen atoms in total. The lowest BCUT2D eigenvalue weighted by Gasteiger charge is -2.35. The Labute approximate surface area is 116 Å². The Kier molecular flexibility index (Phi) is 5.29. The first-order chi connectivity index (χ1) is 8.86. The molecule has 19 heavy (non-hydrogen) atoms. The molecule has 0 N–H and O–H groups in total. The van der Waals surface area contributed by atoms with E-state index in [1.165, 1.54) is 0 Å². The molecular weight excluding hydrogens is 238 g/mol. The topological polar surface area (TPSA) is 38.1 Å². The molecule has 0 unspecified atom stereocenters. The minimum absolute atomic E-state index is 0.255. The summed E-state index contributed by atoms with van der Waals surface area (Å²) in [4.78, 5) is 14.8. The normalized spacial score (nSPS) is 12.2. The summed E-state index contributed by atoms with van der Waals surface area (Å²) in [5, 5.41) is 4.40. The summed E-state index contributed by atoms with van der Waals surface area (Å²) < 4.78 is 1.92. The molecule has 1 aromatic heterocycles. The van der Waals surface area contributed by atoms with Crippen LogP contribution in [0.15, 0.2) is 6.07 Å². The molecule has 0 saturated carbocycles. The third kappa shape index (κ3) is 3.44. The molecule has 0 spiro atoms. The Bertz CT molecular complexity index is 431. The summed E-state index contributed by atoms with van der Waals surface area (Å²) in [5.74, 6) is 0.255. The molecule has 0 aliphatic carbocycles. The molecule has 0 radical (unpaired) electrons. The summed E-state index contributed by atoms with van der Waals surface area (Å²) in [5.41, 5.74) is 1.58. The summed E-state index contributed by atoms with van der Waals surface area (Å²) in [6, 6.07) is 2.01. The van der Waals surface area contributed by atoms with Crippen LogP contribution in [0.3, 0.4) is 0 Å². The second kappa shape index (κ2) is 6.33. The van der Waals surface area contributed by atoms with E-state index in [2.05, 4.69) is 30.8 Å². The number of Topliss-reactive ketones (excluding diaryl/α,β-unsaturated/α-hetero) is 1. The maximum Gasteiger partial charge on any atom is 0.158 e. The van der Waals surface area contributed by atoms with Crippen molar-refractivity contribution in [2.45, 2.75) is 60.0 Å². The number of aromatic nitrogens is 2. The Morgan fingerprint density at radius 3 is 2.37 bits per heavy atom. The van der Waals surface area contributed by atoms with Crippen LogP contribution in [-0.2, 0) is 17.8 Å². The molecule has 0 aliphatic rings. The van der Waals surface area contributed by atoms with Crippen molar-refractivity contribution >= 4 is 5.78 Å². The van der Waals surface area contributed by atoms with E-state index < -0.39 is 5.54 Å². The molecule has 0 fully saturated rings. The maximum absolute atomic E-state index is 12.6. The summed E-state index contributed by atoms with van der Waals surface area (Å²) >= 11 is 0. The van der Waals surface area contributed by atoms with E-state index in [4.69, 9.17) is 0 Å². The van der Waals surface area contributed by atoms with Gasteiger partial charge in [-0.1, -0.05) is 13.8 Å². The quantitative estimate of drug-likeness (QED) is 0.760. The standard InChI is InChI=1S/C15H27N3O/c1-7-17(8-2)15(5,6)14(19)11-13-10-12(4)16-18(13)9-3/h10H,7-9,11H2,1-6H3. The lowest BCUT2D eigenvalue weighted by molar-refractivity contribution is -0.128. The van der Waals surface area contributed by atoms with Crippen LogP contribution in [0.4, 0.5) is 0 Å². The monoisotopic (exact) mass is 265 g/mol. The average molecular weight is 265 g/mol.